The Morgan fingerprint density at radius 2 is 1.49 bits per heavy atom. The van der Waals surface area contributed by atoms with Gasteiger partial charge < -0.3 is 14.2 Å². The first-order chi connectivity index (χ1) is 18.8. The molecule has 0 bridgehead atoms. The lowest BCUT2D eigenvalue weighted by atomic mass is 10.1. The van der Waals surface area contributed by atoms with Gasteiger partial charge in [-0.25, -0.2) is 9.59 Å². The zero-order chi connectivity index (χ0) is 27.9. The van der Waals surface area contributed by atoms with Crippen molar-refractivity contribution in [3.8, 4) is 11.5 Å². The third kappa shape index (κ3) is 6.04. The fourth-order valence-corrected chi connectivity index (χ4v) is 4.18. The molecule has 9 nitrogen and oxygen atoms in total. The normalized spacial score (nSPS) is 13.0. The van der Waals surface area contributed by atoms with E-state index >= 15 is 0 Å². The molecular formula is C30H27NO8. The highest BCUT2D eigenvalue weighted by atomic mass is 16.5. The van der Waals surface area contributed by atoms with E-state index in [1.165, 1.54) is 31.4 Å². The van der Waals surface area contributed by atoms with Gasteiger partial charge in [-0.15, -0.1) is 0 Å². The zero-order valence-electron chi connectivity index (χ0n) is 21.5. The summed E-state index contributed by atoms with van der Waals surface area (Å²) in [7, 11) is 1.49. The number of ether oxygens (including phenoxy) is 3. The van der Waals surface area contributed by atoms with Crippen LogP contribution in [-0.4, -0.2) is 54.2 Å². The average molecular weight is 530 g/mol. The number of hydrogen-bond donors (Lipinski definition) is 0. The summed E-state index contributed by atoms with van der Waals surface area (Å²) in [6, 6.07) is 17.6. The number of imide groups is 1. The predicted octanol–water partition coefficient (Wildman–Crippen LogP) is 4.50. The van der Waals surface area contributed by atoms with Gasteiger partial charge in [0.05, 0.1) is 23.8 Å². The first-order valence-corrected chi connectivity index (χ1v) is 12.5. The van der Waals surface area contributed by atoms with E-state index in [-0.39, 0.29) is 28.9 Å². The van der Waals surface area contributed by atoms with Crippen LogP contribution in [0.25, 0.3) is 0 Å². The molecule has 1 aliphatic rings. The number of carbonyl (C=O) groups is 5. The van der Waals surface area contributed by atoms with Gasteiger partial charge in [-0.2, -0.15) is 0 Å². The molecule has 0 aliphatic carbocycles. The molecule has 0 N–H and O–H groups in total. The molecule has 3 aromatic carbocycles. The van der Waals surface area contributed by atoms with Crippen molar-refractivity contribution in [3.63, 3.8) is 0 Å². The SMILES string of the molecule is CCCCC(C(=O)OCC(=O)c1ccc(OC(=O)c2cccc(OC)c2)cc1)N1C(=O)c2ccccc2C1=O. The van der Waals surface area contributed by atoms with E-state index in [9.17, 15) is 24.0 Å². The second-order valence-electron chi connectivity index (χ2n) is 8.86. The van der Waals surface area contributed by atoms with Crippen molar-refractivity contribution in [1.29, 1.82) is 0 Å². The summed E-state index contributed by atoms with van der Waals surface area (Å²) in [5, 5.41) is 0. The standard InChI is InChI=1S/C30H27NO8/c1-3-4-12-25(31-27(33)23-10-5-6-11-24(23)28(31)34)30(36)38-18-26(32)19-13-15-21(16-14-19)39-29(35)20-8-7-9-22(17-20)37-2/h5-11,13-17,25H,3-4,12,18H2,1-2H3. The Kier molecular flexibility index (Phi) is 8.50. The first kappa shape index (κ1) is 27.3. The Hall–Kier alpha value is -4.79. The topological polar surface area (TPSA) is 116 Å². The molecule has 1 aliphatic heterocycles. The summed E-state index contributed by atoms with van der Waals surface area (Å²) in [5.74, 6) is -2.28. The molecule has 2 amide bonds. The molecule has 39 heavy (non-hydrogen) atoms. The number of unbranched alkanes of at least 4 members (excludes halogenated alkanes) is 1. The number of carbonyl (C=O) groups excluding carboxylic acids is 5. The van der Waals surface area contributed by atoms with Gasteiger partial charge in [-0.3, -0.25) is 19.3 Å². The van der Waals surface area contributed by atoms with Crippen LogP contribution in [0.5, 0.6) is 11.5 Å². The Bertz CT molecular complexity index is 1380. The number of benzene rings is 3. The van der Waals surface area contributed by atoms with Crippen LogP contribution in [0, 0.1) is 0 Å². The maximum Gasteiger partial charge on any atom is 0.343 e. The van der Waals surface area contributed by atoms with E-state index in [2.05, 4.69) is 0 Å². The number of esters is 2. The second-order valence-corrected chi connectivity index (χ2v) is 8.86. The maximum absolute atomic E-state index is 13.0. The largest absolute Gasteiger partial charge is 0.497 e. The number of methoxy groups -OCH3 is 1. The molecule has 0 spiro atoms. The Balaban J connectivity index is 1.38. The molecule has 0 aromatic heterocycles. The van der Waals surface area contributed by atoms with Crippen molar-refractivity contribution in [2.24, 2.45) is 0 Å². The van der Waals surface area contributed by atoms with Crippen molar-refractivity contribution in [1.82, 2.24) is 4.90 Å². The number of ketones is 1. The quantitative estimate of drug-likeness (QED) is 0.154. The highest BCUT2D eigenvalue weighted by Crippen LogP contribution is 2.27. The number of fused-ring (bicyclic) bond motifs is 1. The molecule has 3 aromatic rings. The molecule has 0 saturated carbocycles. The van der Waals surface area contributed by atoms with Crippen molar-refractivity contribution in [2.45, 2.75) is 32.2 Å². The van der Waals surface area contributed by atoms with Gasteiger partial charge in [0.2, 0.25) is 0 Å². The fourth-order valence-electron chi connectivity index (χ4n) is 4.18. The maximum atomic E-state index is 13.0. The van der Waals surface area contributed by atoms with E-state index < -0.39 is 42.2 Å². The van der Waals surface area contributed by atoms with Crippen LogP contribution < -0.4 is 9.47 Å². The van der Waals surface area contributed by atoms with E-state index in [0.717, 1.165) is 11.3 Å². The van der Waals surface area contributed by atoms with Crippen molar-refractivity contribution in [3.05, 3.63) is 95.1 Å². The van der Waals surface area contributed by atoms with Gasteiger partial charge in [0, 0.05) is 5.56 Å². The number of nitrogens with zero attached hydrogens (tertiary/aromatic N) is 1. The Morgan fingerprint density at radius 3 is 2.10 bits per heavy atom. The summed E-state index contributed by atoms with van der Waals surface area (Å²) >= 11 is 0. The lowest BCUT2D eigenvalue weighted by Crippen LogP contribution is -2.46. The monoisotopic (exact) mass is 529 g/mol. The van der Waals surface area contributed by atoms with Gasteiger partial charge in [0.25, 0.3) is 11.8 Å². The Labute approximate surface area is 225 Å². The second kappa shape index (κ2) is 12.2. The lowest BCUT2D eigenvalue weighted by molar-refractivity contribution is -0.147. The highest BCUT2D eigenvalue weighted by Gasteiger charge is 2.43. The highest BCUT2D eigenvalue weighted by molar-refractivity contribution is 6.22. The first-order valence-electron chi connectivity index (χ1n) is 12.5. The van der Waals surface area contributed by atoms with Gasteiger partial charge in [0.1, 0.15) is 17.5 Å². The zero-order valence-corrected chi connectivity index (χ0v) is 21.5. The Morgan fingerprint density at radius 1 is 0.821 bits per heavy atom. The van der Waals surface area contributed by atoms with Gasteiger partial charge in [-0.05, 0) is 61.0 Å². The molecule has 1 unspecified atom stereocenters. The van der Waals surface area contributed by atoms with Crippen LogP contribution in [0.2, 0.25) is 0 Å². The minimum absolute atomic E-state index is 0.224. The van der Waals surface area contributed by atoms with Crippen LogP contribution in [0.15, 0.2) is 72.8 Å². The van der Waals surface area contributed by atoms with Crippen molar-refractivity contribution >= 4 is 29.5 Å². The number of Topliss-reactive ketones (excluding diaryl/α,β-unsaturated/α-hetero) is 1. The molecule has 4 rings (SSSR count). The molecular weight excluding hydrogens is 502 g/mol. The predicted molar refractivity (Wildman–Crippen MR) is 140 cm³/mol. The summed E-state index contributed by atoms with van der Waals surface area (Å²) in [6.45, 7) is 1.35. The van der Waals surface area contributed by atoms with Crippen LogP contribution in [-0.2, 0) is 9.53 Å². The molecule has 200 valence electrons. The minimum Gasteiger partial charge on any atom is -0.497 e. The third-order valence-electron chi connectivity index (χ3n) is 6.28. The molecule has 0 radical (unpaired) electrons. The fraction of sp³-hybridized carbons (Fsp3) is 0.233. The molecule has 1 atom stereocenters. The molecule has 0 fully saturated rings. The number of hydrogen-bond acceptors (Lipinski definition) is 8. The van der Waals surface area contributed by atoms with E-state index in [0.29, 0.717) is 17.7 Å². The summed E-state index contributed by atoms with van der Waals surface area (Å²) < 4.78 is 15.7. The smallest absolute Gasteiger partial charge is 0.343 e. The van der Waals surface area contributed by atoms with Gasteiger partial charge in [-0.1, -0.05) is 38.0 Å². The van der Waals surface area contributed by atoms with Crippen LogP contribution in [0.3, 0.4) is 0 Å². The summed E-state index contributed by atoms with van der Waals surface area (Å²) in [4.78, 5) is 64.8. The van der Waals surface area contributed by atoms with E-state index in [4.69, 9.17) is 14.2 Å². The molecule has 9 heteroatoms. The van der Waals surface area contributed by atoms with Gasteiger partial charge >= 0.3 is 11.9 Å². The number of amides is 2. The van der Waals surface area contributed by atoms with Crippen LogP contribution in [0.4, 0.5) is 0 Å². The third-order valence-corrected chi connectivity index (χ3v) is 6.28. The van der Waals surface area contributed by atoms with E-state index in [1.54, 1.807) is 48.5 Å². The average Bonchev–Trinajstić information content (AvgIpc) is 3.22. The van der Waals surface area contributed by atoms with Crippen molar-refractivity contribution in [2.75, 3.05) is 13.7 Å². The number of rotatable bonds is 11. The summed E-state index contributed by atoms with van der Waals surface area (Å²) in [5.41, 5.74) is 1.01. The minimum atomic E-state index is -1.14. The lowest BCUT2D eigenvalue weighted by Gasteiger charge is -2.24. The summed E-state index contributed by atoms with van der Waals surface area (Å²) in [6.07, 6.45) is 1.54. The van der Waals surface area contributed by atoms with Crippen LogP contribution in [0.1, 0.15) is 67.6 Å². The molecule has 1 heterocycles. The van der Waals surface area contributed by atoms with Gasteiger partial charge in [0.15, 0.2) is 12.4 Å². The van der Waals surface area contributed by atoms with Crippen LogP contribution >= 0.6 is 0 Å². The van der Waals surface area contributed by atoms with E-state index in [1.807, 2.05) is 6.92 Å². The van der Waals surface area contributed by atoms with Crippen molar-refractivity contribution < 1.29 is 38.2 Å². The molecule has 0 saturated heterocycles.